The zero-order valence-electron chi connectivity index (χ0n) is 16.6. The molecule has 1 N–H and O–H groups in total. The van der Waals surface area contributed by atoms with E-state index >= 15 is 0 Å². The predicted molar refractivity (Wildman–Crippen MR) is 107 cm³/mol. The maximum absolute atomic E-state index is 12.3. The molecule has 2 aromatic rings. The smallest absolute Gasteiger partial charge is 0.410 e. The van der Waals surface area contributed by atoms with E-state index in [2.05, 4.69) is 15.3 Å². The van der Waals surface area contributed by atoms with Crippen molar-refractivity contribution in [1.29, 1.82) is 0 Å². The molecular weight excluding hydrogens is 380 g/mol. The van der Waals surface area contributed by atoms with Gasteiger partial charge in [0.25, 0.3) is 0 Å². The van der Waals surface area contributed by atoms with E-state index in [0.717, 1.165) is 18.2 Å². The van der Waals surface area contributed by atoms with Crippen molar-refractivity contribution in [2.75, 3.05) is 24.7 Å². The molecule has 0 aliphatic carbocycles. The largest absolute Gasteiger partial charge is 0.444 e. The summed E-state index contributed by atoms with van der Waals surface area (Å²) in [4.78, 5) is 23.0. The second-order valence-electron chi connectivity index (χ2n) is 8.10. The topological polar surface area (TPSA) is 101 Å². The van der Waals surface area contributed by atoms with E-state index in [4.69, 9.17) is 4.74 Å². The number of hydrogen-bond donors (Lipinski definition) is 1. The van der Waals surface area contributed by atoms with Crippen molar-refractivity contribution in [2.45, 2.75) is 50.2 Å². The van der Waals surface area contributed by atoms with Gasteiger partial charge in [-0.05, 0) is 51.8 Å². The molecule has 9 heteroatoms. The monoisotopic (exact) mass is 406 g/mol. The van der Waals surface area contributed by atoms with Crippen LogP contribution in [0.25, 0.3) is 10.9 Å². The Morgan fingerprint density at radius 2 is 2.07 bits per heavy atom. The highest BCUT2D eigenvalue weighted by molar-refractivity contribution is 7.90. The lowest BCUT2D eigenvalue weighted by atomic mass is 10.1. The number of amides is 1. The Kier molecular flexibility index (Phi) is 5.47. The predicted octanol–water partition coefficient (Wildman–Crippen LogP) is 2.84. The van der Waals surface area contributed by atoms with Crippen LogP contribution in [0.3, 0.4) is 0 Å². The first-order valence-electron chi connectivity index (χ1n) is 9.23. The number of hydrogen-bond acceptors (Lipinski definition) is 7. The second-order valence-corrected chi connectivity index (χ2v) is 10.1. The minimum absolute atomic E-state index is 0.00295. The summed E-state index contributed by atoms with van der Waals surface area (Å²) in [6.07, 6.45) is 4.23. The van der Waals surface area contributed by atoms with Gasteiger partial charge in [0.2, 0.25) is 5.95 Å². The molecule has 0 saturated carbocycles. The number of carbonyl (C=O) groups excluding carboxylic acids is 1. The lowest BCUT2D eigenvalue weighted by molar-refractivity contribution is 0.0206. The number of likely N-dealkylation sites (tertiary alicyclic amines) is 1. The first-order valence-corrected chi connectivity index (χ1v) is 11.1. The summed E-state index contributed by atoms with van der Waals surface area (Å²) in [7, 11) is -3.31. The number of aromatic nitrogens is 2. The van der Waals surface area contributed by atoms with E-state index in [1.807, 2.05) is 20.8 Å². The number of nitrogens with one attached hydrogen (secondary N) is 1. The van der Waals surface area contributed by atoms with Gasteiger partial charge in [-0.15, -0.1) is 0 Å². The van der Waals surface area contributed by atoms with Crippen molar-refractivity contribution < 1.29 is 17.9 Å². The number of benzene rings is 1. The lowest BCUT2D eigenvalue weighted by Gasteiger charge is -2.34. The first-order chi connectivity index (χ1) is 13.0. The van der Waals surface area contributed by atoms with Crippen LogP contribution in [0, 0.1) is 0 Å². The highest BCUT2D eigenvalue weighted by Crippen LogP contribution is 2.20. The minimum atomic E-state index is -3.31. The summed E-state index contributed by atoms with van der Waals surface area (Å²) in [6.45, 7) is 6.69. The summed E-state index contributed by atoms with van der Waals surface area (Å²) < 4.78 is 29.0. The summed E-state index contributed by atoms with van der Waals surface area (Å²) in [5.74, 6) is 0.411. The maximum atomic E-state index is 12.3. The summed E-state index contributed by atoms with van der Waals surface area (Å²) in [5.41, 5.74) is 0.0243. The molecule has 1 fully saturated rings. The SMILES string of the molecule is CC(C)(C)OC(=O)N1CCC[C@H](Nc2ncc3ccc(S(C)(=O)=O)cc3n2)C1. The van der Waals surface area contributed by atoms with Gasteiger partial charge in [-0.1, -0.05) is 0 Å². The Morgan fingerprint density at radius 3 is 2.75 bits per heavy atom. The second kappa shape index (κ2) is 7.54. The van der Waals surface area contributed by atoms with E-state index in [-0.39, 0.29) is 17.0 Å². The highest BCUT2D eigenvalue weighted by atomic mass is 32.2. The fourth-order valence-electron chi connectivity index (χ4n) is 3.07. The molecule has 1 aromatic heterocycles. The van der Waals surface area contributed by atoms with Gasteiger partial charge in [-0.2, -0.15) is 0 Å². The number of piperidine rings is 1. The van der Waals surface area contributed by atoms with Crippen molar-refractivity contribution in [3.05, 3.63) is 24.4 Å². The van der Waals surface area contributed by atoms with Gasteiger partial charge in [0, 0.05) is 37.0 Å². The van der Waals surface area contributed by atoms with Crippen LogP contribution in [0.4, 0.5) is 10.7 Å². The Morgan fingerprint density at radius 1 is 1.32 bits per heavy atom. The first kappa shape index (κ1) is 20.3. The molecule has 1 saturated heterocycles. The normalized spacial score (nSPS) is 18.1. The molecule has 1 atom stereocenters. The van der Waals surface area contributed by atoms with Crippen molar-refractivity contribution in [2.24, 2.45) is 0 Å². The third-order valence-electron chi connectivity index (χ3n) is 4.39. The van der Waals surface area contributed by atoms with Crippen LogP contribution in [0.5, 0.6) is 0 Å². The number of carbonyl (C=O) groups is 1. The zero-order valence-corrected chi connectivity index (χ0v) is 17.4. The molecule has 1 amide bonds. The van der Waals surface area contributed by atoms with Gasteiger partial charge in [0.15, 0.2) is 9.84 Å². The van der Waals surface area contributed by atoms with Crippen molar-refractivity contribution >= 4 is 32.8 Å². The molecule has 0 bridgehead atoms. The molecule has 2 heterocycles. The van der Waals surface area contributed by atoms with Crippen LogP contribution in [-0.4, -0.2) is 60.4 Å². The summed E-state index contributed by atoms with van der Waals surface area (Å²) in [5, 5.41) is 4.02. The Bertz CT molecular complexity index is 985. The van der Waals surface area contributed by atoms with Crippen LogP contribution in [0.15, 0.2) is 29.3 Å². The average Bonchev–Trinajstić information content (AvgIpc) is 2.59. The van der Waals surface area contributed by atoms with Crippen molar-refractivity contribution in [3.63, 3.8) is 0 Å². The molecule has 152 valence electrons. The van der Waals surface area contributed by atoms with E-state index < -0.39 is 15.4 Å². The molecule has 1 aliphatic heterocycles. The van der Waals surface area contributed by atoms with Crippen LogP contribution in [0.1, 0.15) is 33.6 Å². The van der Waals surface area contributed by atoms with Crippen LogP contribution in [-0.2, 0) is 14.6 Å². The Labute approximate surface area is 165 Å². The standard InChI is InChI=1S/C19H26N4O4S/c1-19(2,3)27-18(24)23-9-5-6-14(12-23)21-17-20-11-13-7-8-15(28(4,25)26)10-16(13)22-17/h7-8,10-11,14H,5-6,9,12H2,1-4H3,(H,20,21,22)/t14-/m0/s1. The molecule has 8 nitrogen and oxygen atoms in total. The van der Waals surface area contributed by atoms with Gasteiger partial charge in [0.05, 0.1) is 10.4 Å². The van der Waals surface area contributed by atoms with Crippen LogP contribution < -0.4 is 5.32 Å². The van der Waals surface area contributed by atoms with E-state index in [9.17, 15) is 13.2 Å². The quantitative estimate of drug-likeness (QED) is 0.836. The maximum Gasteiger partial charge on any atom is 0.410 e. The molecule has 3 rings (SSSR count). The van der Waals surface area contributed by atoms with E-state index in [1.165, 1.54) is 6.26 Å². The van der Waals surface area contributed by atoms with Gasteiger partial charge in [-0.25, -0.2) is 23.2 Å². The van der Waals surface area contributed by atoms with E-state index in [1.54, 1.807) is 29.3 Å². The zero-order chi connectivity index (χ0) is 20.5. The van der Waals surface area contributed by atoms with Gasteiger partial charge >= 0.3 is 6.09 Å². The summed E-state index contributed by atoms with van der Waals surface area (Å²) >= 11 is 0. The molecule has 28 heavy (non-hydrogen) atoms. The lowest BCUT2D eigenvalue weighted by Crippen LogP contribution is -2.47. The van der Waals surface area contributed by atoms with Gasteiger partial charge < -0.3 is 15.0 Å². The van der Waals surface area contributed by atoms with Crippen LogP contribution >= 0.6 is 0 Å². The molecule has 1 aliphatic rings. The number of anilines is 1. The number of ether oxygens (including phenoxy) is 1. The molecule has 0 radical (unpaired) electrons. The molecule has 0 spiro atoms. The minimum Gasteiger partial charge on any atom is -0.444 e. The van der Waals surface area contributed by atoms with Crippen LogP contribution in [0.2, 0.25) is 0 Å². The third-order valence-corrected chi connectivity index (χ3v) is 5.50. The fourth-order valence-corrected chi connectivity index (χ4v) is 3.71. The average molecular weight is 407 g/mol. The van der Waals surface area contributed by atoms with E-state index in [0.29, 0.717) is 24.6 Å². The Balaban J connectivity index is 1.73. The van der Waals surface area contributed by atoms with Crippen molar-refractivity contribution in [1.82, 2.24) is 14.9 Å². The number of fused-ring (bicyclic) bond motifs is 1. The van der Waals surface area contributed by atoms with Crippen molar-refractivity contribution in [3.8, 4) is 0 Å². The molecule has 0 unspecified atom stereocenters. The van der Waals surface area contributed by atoms with Gasteiger partial charge in [0.1, 0.15) is 5.60 Å². The van der Waals surface area contributed by atoms with Gasteiger partial charge in [-0.3, -0.25) is 0 Å². The molecule has 1 aromatic carbocycles. The fraction of sp³-hybridized carbons (Fsp3) is 0.526. The molecular formula is C19H26N4O4S. The Hall–Kier alpha value is -2.42. The number of nitrogens with zero attached hydrogens (tertiary/aromatic N) is 3. The number of rotatable bonds is 3. The summed E-state index contributed by atoms with van der Waals surface area (Å²) in [6, 6.07) is 4.79. The number of sulfone groups is 1. The highest BCUT2D eigenvalue weighted by Gasteiger charge is 2.28. The third kappa shape index (κ3) is 5.09.